The molecular weight excluding hydrogens is 281 g/mol. The summed E-state index contributed by atoms with van der Waals surface area (Å²) in [6.07, 6.45) is -4.41. The summed E-state index contributed by atoms with van der Waals surface area (Å²) in [7, 11) is 0. The third-order valence-corrected chi connectivity index (χ3v) is 2.12. The summed E-state index contributed by atoms with van der Waals surface area (Å²) >= 11 is 0. The van der Waals surface area contributed by atoms with Crippen LogP contribution in [0.1, 0.15) is 10.4 Å². The van der Waals surface area contributed by atoms with Crippen LogP contribution in [0.25, 0.3) is 0 Å². The molecule has 9 heteroatoms. The monoisotopic (exact) mass is 292 g/mol. The van der Waals surface area contributed by atoms with E-state index >= 15 is 0 Å². The first-order valence-corrected chi connectivity index (χ1v) is 5.47. The third-order valence-electron chi connectivity index (χ3n) is 2.12. The molecular formula is C11H11F3N2O4. The van der Waals surface area contributed by atoms with E-state index in [1.807, 2.05) is 0 Å². The first-order chi connectivity index (χ1) is 9.29. The van der Waals surface area contributed by atoms with Crippen LogP contribution in [0.2, 0.25) is 0 Å². The van der Waals surface area contributed by atoms with Crippen molar-refractivity contribution >= 4 is 11.6 Å². The number of nitrogens with one attached hydrogen (secondary N) is 1. The predicted molar refractivity (Wildman–Crippen MR) is 62.3 cm³/mol. The van der Waals surface area contributed by atoms with Gasteiger partial charge in [-0.05, 0) is 6.07 Å². The molecule has 0 bridgehead atoms. The number of benzene rings is 1. The minimum atomic E-state index is -4.41. The quantitative estimate of drug-likeness (QED) is 0.493. The van der Waals surface area contributed by atoms with Crippen LogP contribution in [-0.4, -0.2) is 36.8 Å². The van der Waals surface area contributed by atoms with E-state index in [1.165, 1.54) is 18.2 Å². The molecule has 1 aromatic carbocycles. The minimum Gasteiger partial charge on any atom is -0.370 e. The normalized spacial score (nSPS) is 11.2. The number of non-ortho nitro benzene ring substituents is 1. The standard InChI is InChI=1S/C11H11F3N2O4/c12-11(13,14)7-20-5-4-15-10(17)8-2-1-3-9(6-8)16(18)19/h1-3,6H,4-5,7H2,(H,15,17). The number of carbonyl (C=O) groups is 1. The van der Waals surface area contributed by atoms with Gasteiger partial charge in [0.2, 0.25) is 0 Å². The molecule has 6 nitrogen and oxygen atoms in total. The second kappa shape index (κ2) is 6.85. The summed E-state index contributed by atoms with van der Waals surface area (Å²) in [6, 6.07) is 5.00. The number of rotatable bonds is 6. The molecule has 0 aliphatic rings. The van der Waals surface area contributed by atoms with Gasteiger partial charge in [-0.15, -0.1) is 0 Å². The predicted octanol–water partition coefficient (Wildman–Crippen LogP) is 1.90. The molecule has 0 atom stereocenters. The fraction of sp³-hybridized carbons (Fsp3) is 0.364. The van der Waals surface area contributed by atoms with Gasteiger partial charge in [0.05, 0.1) is 11.5 Å². The highest BCUT2D eigenvalue weighted by atomic mass is 19.4. The Kier molecular flexibility index (Phi) is 5.44. The number of halogens is 3. The molecule has 1 aromatic rings. The number of hydrogen-bond acceptors (Lipinski definition) is 4. The van der Waals surface area contributed by atoms with Gasteiger partial charge in [0.15, 0.2) is 0 Å². The number of carbonyl (C=O) groups excluding carboxylic acids is 1. The third kappa shape index (κ3) is 5.65. The second-order valence-corrected chi connectivity index (χ2v) is 3.73. The van der Waals surface area contributed by atoms with Crippen LogP contribution >= 0.6 is 0 Å². The second-order valence-electron chi connectivity index (χ2n) is 3.73. The van der Waals surface area contributed by atoms with Gasteiger partial charge >= 0.3 is 6.18 Å². The van der Waals surface area contributed by atoms with Gasteiger partial charge in [-0.25, -0.2) is 0 Å². The van der Waals surface area contributed by atoms with Crippen molar-refractivity contribution in [3.05, 3.63) is 39.9 Å². The van der Waals surface area contributed by atoms with Crippen molar-refractivity contribution in [2.45, 2.75) is 6.18 Å². The van der Waals surface area contributed by atoms with E-state index in [2.05, 4.69) is 10.1 Å². The summed E-state index contributed by atoms with van der Waals surface area (Å²) in [5, 5.41) is 12.8. The molecule has 110 valence electrons. The Bertz CT molecular complexity index is 491. The van der Waals surface area contributed by atoms with Crippen LogP contribution in [0.3, 0.4) is 0 Å². The van der Waals surface area contributed by atoms with E-state index in [1.54, 1.807) is 0 Å². The van der Waals surface area contributed by atoms with Crippen molar-refractivity contribution in [3.8, 4) is 0 Å². The Morgan fingerprint density at radius 3 is 2.70 bits per heavy atom. The molecule has 1 amide bonds. The highest BCUT2D eigenvalue weighted by molar-refractivity contribution is 5.94. The van der Waals surface area contributed by atoms with Crippen LogP contribution in [0.15, 0.2) is 24.3 Å². The molecule has 1 rings (SSSR count). The lowest BCUT2D eigenvalue weighted by molar-refractivity contribution is -0.384. The first-order valence-electron chi connectivity index (χ1n) is 5.47. The summed E-state index contributed by atoms with van der Waals surface area (Å²) in [6.45, 7) is -1.82. The molecule has 0 radical (unpaired) electrons. The number of nitrogens with zero attached hydrogens (tertiary/aromatic N) is 1. The Labute approximate surface area is 111 Å². The number of nitro benzene ring substituents is 1. The lowest BCUT2D eigenvalue weighted by Crippen LogP contribution is -2.28. The summed E-state index contributed by atoms with van der Waals surface area (Å²) in [5.74, 6) is -0.621. The minimum absolute atomic E-state index is 0.0509. The van der Waals surface area contributed by atoms with Crippen LogP contribution in [0, 0.1) is 10.1 Å². The van der Waals surface area contributed by atoms with Gasteiger partial charge in [0, 0.05) is 24.2 Å². The lowest BCUT2D eigenvalue weighted by atomic mass is 10.2. The molecule has 0 heterocycles. The zero-order valence-corrected chi connectivity index (χ0v) is 10.1. The van der Waals surface area contributed by atoms with Crippen LogP contribution in [-0.2, 0) is 4.74 Å². The number of ether oxygens (including phenoxy) is 1. The molecule has 0 saturated carbocycles. The molecule has 0 aromatic heterocycles. The van der Waals surface area contributed by atoms with Crippen molar-refractivity contribution in [1.82, 2.24) is 5.32 Å². The van der Waals surface area contributed by atoms with Gasteiger partial charge in [-0.1, -0.05) is 6.07 Å². The molecule has 1 N–H and O–H groups in total. The lowest BCUT2D eigenvalue weighted by Gasteiger charge is -2.08. The highest BCUT2D eigenvalue weighted by Gasteiger charge is 2.27. The van der Waals surface area contributed by atoms with E-state index in [0.29, 0.717) is 0 Å². The molecule has 20 heavy (non-hydrogen) atoms. The van der Waals surface area contributed by atoms with E-state index < -0.39 is 23.6 Å². The van der Waals surface area contributed by atoms with Gasteiger partial charge in [-0.2, -0.15) is 13.2 Å². The summed E-state index contributed by atoms with van der Waals surface area (Å²) < 4.78 is 39.5. The van der Waals surface area contributed by atoms with Crippen molar-refractivity contribution in [3.63, 3.8) is 0 Å². The van der Waals surface area contributed by atoms with E-state index in [-0.39, 0.29) is 24.4 Å². The summed E-state index contributed by atoms with van der Waals surface area (Å²) in [5.41, 5.74) is -0.194. The Balaban J connectivity index is 2.40. The molecule has 0 saturated heterocycles. The van der Waals surface area contributed by atoms with Crippen molar-refractivity contribution in [1.29, 1.82) is 0 Å². The summed E-state index contributed by atoms with van der Waals surface area (Å²) in [4.78, 5) is 21.4. The molecule has 0 aliphatic heterocycles. The maximum Gasteiger partial charge on any atom is 0.411 e. The molecule has 0 unspecified atom stereocenters. The van der Waals surface area contributed by atoms with E-state index in [0.717, 1.165) is 6.07 Å². The average molecular weight is 292 g/mol. The van der Waals surface area contributed by atoms with Crippen molar-refractivity contribution in [2.24, 2.45) is 0 Å². The van der Waals surface area contributed by atoms with E-state index in [9.17, 15) is 28.1 Å². The van der Waals surface area contributed by atoms with Gasteiger partial charge < -0.3 is 10.1 Å². The molecule has 0 fully saturated rings. The number of hydrogen-bond donors (Lipinski definition) is 1. The topological polar surface area (TPSA) is 81.5 Å². The van der Waals surface area contributed by atoms with Crippen molar-refractivity contribution < 1.29 is 27.6 Å². The molecule has 0 spiro atoms. The fourth-order valence-electron chi connectivity index (χ4n) is 1.29. The number of amides is 1. The molecule has 0 aliphatic carbocycles. The first kappa shape index (κ1) is 15.9. The maximum absolute atomic E-state index is 11.8. The van der Waals surface area contributed by atoms with E-state index in [4.69, 9.17) is 0 Å². The number of alkyl halides is 3. The largest absolute Gasteiger partial charge is 0.411 e. The highest BCUT2D eigenvalue weighted by Crippen LogP contribution is 2.14. The Hall–Kier alpha value is -2.16. The average Bonchev–Trinajstić information content (AvgIpc) is 2.37. The SMILES string of the molecule is O=C(NCCOCC(F)(F)F)c1cccc([N+](=O)[O-])c1. The van der Waals surface area contributed by atoms with Crippen LogP contribution in [0.4, 0.5) is 18.9 Å². The zero-order valence-electron chi connectivity index (χ0n) is 10.1. The Morgan fingerprint density at radius 2 is 2.10 bits per heavy atom. The fourth-order valence-corrected chi connectivity index (χ4v) is 1.29. The van der Waals surface area contributed by atoms with Crippen LogP contribution in [0.5, 0.6) is 0 Å². The smallest absolute Gasteiger partial charge is 0.370 e. The van der Waals surface area contributed by atoms with Gasteiger partial charge in [0.1, 0.15) is 6.61 Å². The number of nitro groups is 1. The van der Waals surface area contributed by atoms with Gasteiger partial charge in [0.25, 0.3) is 11.6 Å². The Morgan fingerprint density at radius 1 is 1.40 bits per heavy atom. The maximum atomic E-state index is 11.8. The van der Waals surface area contributed by atoms with Crippen LogP contribution < -0.4 is 5.32 Å². The zero-order chi connectivity index (χ0) is 15.2. The van der Waals surface area contributed by atoms with Crippen molar-refractivity contribution in [2.75, 3.05) is 19.8 Å². The van der Waals surface area contributed by atoms with Gasteiger partial charge in [-0.3, -0.25) is 14.9 Å².